The average Bonchev–Trinajstić information content (AvgIpc) is 2.16. The Bertz CT molecular complexity index is 339. The van der Waals surface area contributed by atoms with Crippen molar-refractivity contribution in [2.75, 3.05) is 13.7 Å². The highest BCUT2D eigenvalue weighted by Gasteiger charge is 2.18. The number of aliphatic hydroxyl groups is 1. The quantitative estimate of drug-likeness (QED) is 0.762. The Balaban J connectivity index is 3.27. The van der Waals surface area contributed by atoms with Crippen LogP contribution in [0.1, 0.15) is 5.56 Å². The van der Waals surface area contributed by atoms with Crippen molar-refractivity contribution in [2.24, 2.45) is 0 Å². The summed E-state index contributed by atoms with van der Waals surface area (Å²) >= 11 is 0. The van der Waals surface area contributed by atoms with Crippen molar-refractivity contribution < 1.29 is 23.0 Å². The zero-order chi connectivity index (χ0) is 10.7. The van der Waals surface area contributed by atoms with Gasteiger partial charge in [-0.2, -0.15) is 4.39 Å². The Hall–Kier alpha value is -1.23. The topological polar surface area (TPSA) is 29.5 Å². The molecule has 1 aromatic rings. The van der Waals surface area contributed by atoms with E-state index in [4.69, 9.17) is 5.11 Å². The van der Waals surface area contributed by atoms with Crippen molar-refractivity contribution >= 4 is 0 Å². The molecule has 0 heterocycles. The summed E-state index contributed by atoms with van der Waals surface area (Å²) in [5, 5.41) is 8.54. The summed E-state index contributed by atoms with van der Waals surface area (Å²) in [6, 6.07) is 0.712. The van der Waals surface area contributed by atoms with Gasteiger partial charge in [0, 0.05) is 6.61 Å². The highest BCUT2D eigenvalue weighted by atomic mass is 19.2. The number of ether oxygens (including phenoxy) is 1. The van der Waals surface area contributed by atoms with Crippen LogP contribution >= 0.6 is 0 Å². The minimum atomic E-state index is -1.35. The monoisotopic (exact) mass is 206 g/mol. The van der Waals surface area contributed by atoms with Crippen LogP contribution in [0.2, 0.25) is 0 Å². The summed E-state index contributed by atoms with van der Waals surface area (Å²) < 4.78 is 43.3. The van der Waals surface area contributed by atoms with Crippen LogP contribution in [0.25, 0.3) is 0 Å². The van der Waals surface area contributed by atoms with Crippen LogP contribution < -0.4 is 4.74 Å². The van der Waals surface area contributed by atoms with Gasteiger partial charge in [-0.1, -0.05) is 0 Å². The van der Waals surface area contributed by atoms with Gasteiger partial charge in [0.2, 0.25) is 5.82 Å². The molecule has 1 aromatic carbocycles. The molecule has 0 spiro atoms. The molecule has 1 N–H and O–H groups in total. The zero-order valence-corrected chi connectivity index (χ0v) is 7.48. The molecule has 0 aliphatic carbocycles. The molecule has 0 amide bonds. The van der Waals surface area contributed by atoms with Crippen LogP contribution in [-0.4, -0.2) is 18.8 Å². The van der Waals surface area contributed by atoms with E-state index in [1.807, 2.05) is 0 Å². The molecule has 0 aromatic heterocycles. The lowest BCUT2D eigenvalue weighted by molar-refractivity contribution is 0.294. The fourth-order valence-electron chi connectivity index (χ4n) is 1.11. The second-order valence-electron chi connectivity index (χ2n) is 2.65. The fourth-order valence-corrected chi connectivity index (χ4v) is 1.11. The third kappa shape index (κ3) is 1.82. The molecule has 0 bridgehead atoms. The van der Waals surface area contributed by atoms with Crippen LogP contribution in [0, 0.1) is 17.5 Å². The van der Waals surface area contributed by atoms with Gasteiger partial charge in [0.25, 0.3) is 0 Å². The zero-order valence-electron chi connectivity index (χ0n) is 7.48. The second kappa shape index (κ2) is 4.32. The minimum absolute atomic E-state index is 0.0839. The highest BCUT2D eigenvalue weighted by Crippen LogP contribution is 2.26. The Kier molecular flexibility index (Phi) is 3.35. The van der Waals surface area contributed by atoms with Gasteiger partial charge in [0.15, 0.2) is 17.4 Å². The van der Waals surface area contributed by atoms with E-state index in [-0.39, 0.29) is 18.6 Å². The van der Waals surface area contributed by atoms with Gasteiger partial charge in [-0.25, -0.2) is 8.78 Å². The summed E-state index contributed by atoms with van der Waals surface area (Å²) in [6.07, 6.45) is -0.0839. The third-order valence-electron chi connectivity index (χ3n) is 1.78. The Morgan fingerprint density at radius 2 is 1.93 bits per heavy atom. The first-order chi connectivity index (χ1) is 6.61. The van der Waals surface area contributed by atoms with Crippen LogP contribution in [0.3, 0.4) is 0 Å². The van der Waals surface area contributed by atoms with E-state index in [2.05, 4.69) is 4.74 Å². The number of halogens is 3. The molecule has 0 saturated heterocycles. The third-order valence-corrected chi connectivity index (χ3v) is 1.78. The van der Waals surface area contributed by atoms with E-state index in [0.29, 0.717) is 6.07 Å². The average molecular weight is 206 g/mol. The Labute approximate surface area is 78.9 Å². The summed E-state index contributed by atoms with van der Waals surface area (Å²) in [5.41, 5.74) is -0.108. The number of benzene rings is 1. The first-order valence-corrected chi connectivity index (χ1v) is 3.93. The largest absolute Gasteiger partial charge is 0.491 e. The SMILES string of the molecule is COc1c(F)c(F)cc(CCO)c1F. The van der Waals surface area contributed by atoms with Crippen LogP contribution in [0.4, 0.5) is 13.2 Å². The molecule has 2 nitrogen and oxygen atoms in total. The van der Waals surface area contributed by atoms with Crippen molar-refractivity contribution in [3.63, 3.8) is 0 Å². The summed E-state index contributed by atoms with van der Waals surface area (Å²) in [7, 11) is 1.05. The van der Waals surface area contributed by atoms with Crippen molar-refractivity contribution in [3.05, 3.63) is 29.1 Å². The number of rotatable bonds is 3. The van der Waals surface area contributed by atoms with Crippen molar-refractivity contribution in [3.8, 4) is 5.75 Å². The normalized spacial score (nSPS) is 10.4. The molecule has 14 heavy (non-hydrogen) atoms. The van der Waals surface area contributed by atoms with Crippen LogP contribution in [-0.2, 0) is 6.42 Å². The Morgan fingerprint density at radius 1 is 1.29 bits per heavy atom. The second-order valence-corrected chi connectivity index (χ2v) is 2.65. The van der Waals surface area contributed by atoms with Crippen molar-refractivity contribution in [2.45, 2.75) is 6.42 Å². The Morgan fingerprint density at radius 3 is 2.43 bits per heavy atom. The molecule has 0 radical (unpaired) electrons. The number of methoxy groups -OCH3 is 1. The molecular formula is C9H9F3O2. The molecule has 1 rings (SSSR count). The predicted octanol–water partition coefficient (Wildman–Crippen LogP) is 1.65. The number of hydrogen-bond acceptors (Lipinski definition) is 2. The molecule has 0 aliphatic heterocycles. The van der Waals surface area contributed by atoms with E-state index in [0.717, 1.165) is 7.11 Å². The lowest BCUT2D eigenvalue weighted by atomic mass is 10.1. The molecule has 0 fully saturated rings. The van der Waals surface area contributed by atoms with E-state index in [1.54, 1.807) is 0 Å². The summed E-state index contributed by atoms with van der Waals surface area (Å²) in [6.45, 7) is -0.342. The van der Waals surface area contributed by atoms with Crippen molar-refractivity contribution in [1.29, 1.82) is 0 Å². The number of aliphatic hydroxyl groups excluding tert-OH is 1. The summed E-state index contributed by atoms with van der Waals surface area (Å²) in [4.78, 5) is 0. The first kappa shape index (κ1) is 10.8. The molecule has 0 aliphatic rings. The van der Waals surface area contributed by atoms with Crippen LogP contribution in [0.15, 0.2) is 6.07 Å². The maximum atomic E-state index is 13.3. The number of hydrogen-bond donors (Lipinski definition) is 1. The van der Waals surface area contributed by atoms with Crippen molar-refractivity contribution in [1.82, 2.24) is 0 Å². The van der Waals surface area contributed by atoms with Gasteiger partial charge in [-0.05, 0) is 18.1 Å². The van der Waals surface area contributed by atoms with E-state index >= 15 is 0 Å². The highest BCUT2D eigenvalue weighted by molar-refractivity contribution is 5.33. The van der Waals surface area contributed by atoms with E-state index in [1.165, 1.54) is 0 Å². The van der Waals surface area contributed by atoms with Gasteiger partial charge < -0.3 is 9.84 Å². The fraction of sp³-hybridized carbons (Fsp3) is 0.333. The smallest absolute Gasteiger partial charge is 0.203 e. The van der Waals surface area contributed by atoms with Gasteiger partial charge in [0.1, 0.15) is 0 Å². The molecule has 0 saturated carbocycles. The van der Waals surface area contributed by atoms with Crippen LogP contribution in [0.5, 0.6) is 5.75 Å². The molecule has 5 heteroatoms. The molecule has 78 valence electrons. The first-order valence-electron chi connectivity index (χ1n) is 3.93. The lowest BCUT2D eigenvalue weighted by Gasteiger charge is -2.08. The molecular weight excluding hydrogens is 197 g/mol. The lowest BCUT2D eigenvalue weighted by Crippen LogP contribution is -2.03. The van der Waals surface area contributed by atoms with E-state index < -0.39 is 23.2 Å². The van der Waals surface area contributed by atoms with Gasteiger partial charge in [-0.15, -0.1) is 0 Å². The molecule has 0 unspecified atom stereocenters. The van der Waals surface area contributed by atoms with Gasteiger partial charge in [0.05, 0.1) is 7.11 Å². The van der Waals surface area contributed by atoms with E-state index in [9.17, 15) is 13.2 Å². The maximum absolute atomic E-state index is 13.3. The van der Waals surface area contributed by atoms with Gasteiger partial charge in [-0.3, -0.25) is 0 Å². The molecule has 0 atom stereocenters. The van der Waals surface area contributed by atoms with Gasteiger partial charge >= 0.3 is 0 Å². The summed E-state index contributed by atoms with van der Waals surface area (Å²) in [5.74, 6) is -4.27. The minimum Gasteiger partial charge on any atom is -0.491 e. The standard InChI is InChI=1S/C9H9F3O2/c1-14-9-7(11)5(2-3-13)4-6(10)8(9)12/h4,13H,2-3H2,1H3. The predicted molar refractivity (Wildman–Crippen MR) is 43.7 cm³/mol. The maximum Gasteiger partial charge on any atom is 0.203 e.